The SMILES string of the molecule is CC(CCC(=O)O)CNC(=O)COc1ccc(Br)cc1F. The Labute approximate surface area is 130 Å². The van der Waals surface area contributed by atoms with Crippen molar-refractivity contribution in [2.45, 2.75) is 19.8 Å². The van der Waals surface area contributed by atoms with Gasteiger partial charge in [0.15, 0.2) is 18.2 Å². The molecule has 0 saturated heterocycles. The summed E-state index contributed by atoms with van der Waals surface area (Å²) in [5.41, 5.74) is 0. The van der Waals surface area contributed by atoms with Crippen LogP contribution in [0.3, 0.4) is 0 Å². The first-order valence-electron chi connectivity index (χ1n) is 6.45. The normalized spacial score (nSPS) is 11.8. The minimum atomic E-state index is -0.859. The van der Waals surface area contributed by atoms with Crippen molar-refractivity contribution >= 4 is 27.8 Å². The third-order valence-corrected chi connectivity index (χ3v) is 3.24. The zero-order valence-electron chi connectivity index (χ0n) is 11.6. The Hall–Kier alpha value is -1.63. The van der Waals surface area contributed by atoms with E-state index in [1.165, 1.54) is 12.1 Å². The number of nitrogens with one attached hydrogen (secondary N) is 1. The summed E-state index contributed by atoms with van der Waals surface area (Å²) in [5, 5.41) is 11.2. The van der Waals surface area contributed by atoms with Crippen molar-refractivity contribution in [3.63, 3.8) is 0 Å². The zero-order chi connectivity index (χ0) is 15.8. The van der Waals surface area contributed by atoms with Crippen LogP contribution in [0, 0.1) is 11.7 Å². The number of hydrogen-bond acceptors (Lipinski definition) is 3. The quantitative estimate of drug-likeness (QED) is 0.746. The number of benzene rings is 1. The third-order valence-electron chi connectivity index (χ3n) is 2.75. The summed E-state index contributed by atoms with van der Waals surface area (Å²) in [5.74, 6) is -1.73. The molecule has 1 atom stereocenters. The molecule has 0 saturated carbocycles. The average Bonchev–Trinajstić information content (AvgIpc) is 2.41. The van der Waals surface area contributed by atoms with Crippen LogP contribution < -0.4 is 10.1 Å². The first kappa shape index (κ1) is 17.4. The number of carbonyl (C=O) groups is 2. The van der Waals surface area contributed by atoms with Gasteiger partial charge in [0.2, 0.25) is 0 Å². The maximum Gasteiger partial charge on any atom is 0.303 e. The highest BCUT2D eigenvalue weighted by Crippen LogP contribution is 2.21. The Morgan fingerprint density at radius 1 is 1.48 bits per heavy atom. The molecule has 0 aromatic heterocycles. The minimum absolute atomic E-state index is 0.00674. The number of halogens is 2. The van der Waals surface area contributed by atoms with E-state index in [-0.39, 0.29) is 30.6 Å². The van der Waals surface area contributed by atoms with E-state index in [4.69, 9.17) is 9.84 Å². The van der Waals surface area contributed by atoms with E-state index in [0.717, 1.165) is 0 Å². The Morgan fingerprint density at radius 2 is 2.19 bits per heavy atom. The number of ether oxygens (including phenoxy) is 1. The lowest BCUT2D eigenvalue weighted by molar-refractivity contribution is -0.137. The Balaban J connectivity index is 2.29. The highest BCUT2D eigenvalue weighted by molar-refractivity contribution is 9.10. The van der Waals surface area contributed by atoms with Gasteiger partial charge in [-0.15, -0.1) is 0 Å². The van der Waals surface area contributed by atoms with Gasteiger partial charge in [0.1, 0.15) is 0 Å². The van der Waals surface area contributed by atoms with Crippen molar-refractivity contribution in [2.75, 3.05) is 13.2 Å². The fraction of sp³-hybridized carbons (Fsp3) is 0.429. The number of hydrogen-bond donors (Lipinski definition) is 2. The Bertz CT molecular complexity index is 510. The molecule has 7 heteroatoms. The van der Waals surface area contributed by atoms with Crippen LogP contribution in [0.4, 0.5) is 4.39 Å². The number of carbonyl (C=O) groups excluding carboxylic acids is 1. The van der Waals surface area contributed by atoms with Crippen LogP contribution in [0.2, 0.25) is 0 Å². The number of rotatable bonds is 8. The second-order valence-electron chi connectivity index (χ2n) is 4.71. The van der Waals surface area contributed by atoms with Crippen LogP contribution in [0.25, 0.3) is 0 Å². The molecule has 0 heterocycles. The van der Waals surface area contributed by atoms with E-state index >= 15 is 0 Å². The molecule has 21 heavy (non-hydrogen) atoms. The first-order valence-corrected chi connectivity index (χ1v) is 7.24. The van der Waals surface area contributed by atoms with Gasteiger partial charge in [-0.3, -0.25) is 9.59 Å². The van der Waals surface area contributed by atoms with Crippen molar-refractivity contribution in [2.24, 2.45) is 5.92 Å². The average molecular weight is 362 g/mol. The fourth-order valence-electron chi connectivity index (χ4n) is 1.55. The molecule has 1 rings (SSSR count). The van der Waals surface area contributed by atoms with E-state index in [1.54, 1.807) is 6.07 Å². The van der Waals surface area contributed by atoms with E-state index in [2.05, 4.69) is 21.2 Å². The first-order chi connectivity index (χ1) is 9.88. The van der Waals surface area contributed by atoms with Crippen molar-refractivity contribution in [3.8, 4) is 5.75 Å². The second-order valence-corrected chi connectivity index (χ2v) is 5.62. The molecule has 0 aliphatic carbocycles. The lowest BCUT2D eigenvalue weighted by Crippen LogP contribution is -2.32. The maximum atomic E-state index is 13.4. The van der Waals surface area contributed by atoms with E-state index in [9.17, 15) is 14.0 Å². The fourth-order valence-corrected chi connectivity index (χ4v) is 1.88. The van der Waals surface area contributed by atoms with E-state index in [0.29, 0.717) is 17.4 Å². The third kappa shape index (κ3) is 7.08. The predicted molar refractivity (Wildman–Crippen MR) is 78.6 cm³/mol. The summed E-state index contributed by atoms with van der Waals surface area (Å²) in [6.07, 6.45) is 0.551. The van der Waals surface area contributed by atoms with Gasteiger partial charge in [0.25, 0.3) is 5.91 Å². The molecule has 2 N–H and O–H groups in total. The van der Waals surface area contributed by atoms with Gasteiger partial charge >= 0.3 is 5.97 Å². The molecular weight excluding hydrogens is 345 g/mol. The van der Waals surface area contributed by atoms with Crippen molar-refractivity contribution in [3.05, 3.63) is 28.5 Å². The molecule has 1 amide bonds. The zero-order valence-corrected chi connectivity index (χ0v) is 13.2. The summed E-state index contributed by atoms with van der Waals surface area (Å²) in [6.45, 7) is 1.92. The smallest absolute Gasteiger partial charge is 0.303 e. The summed E-state index contributed by atoms with van der Waals surface area (Å²) in [4.78, 5) is 22.0. The van der Waals surface area contributed by atoms with Crippen LogP contribution in [0.1, 0.15) is 19.8 Å². The standard InChI is InChI=1S/C14H17BrFNO4/c1-9(2-5-14(19)20)7-17-13(18)8-21-12-4-3-10(15)6-11(12)16/h3-4,6,9H,2,5,7-8H2,1H3,(H,17,18)(H,19,20). The molecule has 1 aromatic carbocycles. The molecule has 0 radical (unpaired) electrons. The Morgan fingerprint density at radius 3 is 2.81 bits per heavy atom. The molecule has 1 unspecified atom stereocenters. The summed E-state index contributed by atoms with van der Waals surface area (Å²) < 4.78 is 19.1. The van der Waals surface area contributed by atoms with E-state index in [1.807, 2.05) is 6.92 Å². The number of aliphatic carboxylic acids is 1. The second kappa shape index (κ2) is 8.61. The summed E-state index contributed by atoms with van der Waals surface area (Å²) in [6, 6.07) is 4.30. The van der Waals surface area contributed by atoms with Crippen LogP contribution in [0.5, 0.6) is 5.75 Å². The van der Waals surface area contributed by atoms with Crippen LogP contribution in [-0.4, -0.2) is 30.1 Å². The molecule has 0 bridgehead atoms. The molecule has 5 nitrogen and oxygen atoms in total. The molecule has 0 spiro atoms. The lowest BCUT2D eigenvalue weighted by Gasteiger charge is -2.12. The van der Waals surface area contributed by atoms with Gasteiger partial charge in [-0.2, -0.15) is 0 Å². The summed E-state index contributed by atoms with van der Waals surface area (Å²) >= 11 is 3.13. The van der Waals surface area contributed by atoms with E-state index < -0.39 is 11.8 Å². The van der Waals surface area contributed by atoms with Gasteiger partial charge in [-0.25, -0.2) is 4.39 Å². The lowest BCUT2D eigenvalue weighted by atomic mass is 10.1. The highest BCUT2D eigenvalue weighted by Gasteiger charge is 2.10. The summed E-state index contributed by atoms with van der Waals surface area (Å²) in [7, 11) is 0. The topological polar surface area (TPSA) is 75.6 Å². The van der Waals surface area contributed by atoms with Gasteiger partial charge in [0.05, 0.1) is 0 Å². The van der Waals surface area contributed by atoms with Crippen molar-refractivity contribution in [1.29, 1.82) is 0 Å². The van der Waals surface area contributed by atoms with Gasteiger partial charge in [-0.1, -0.05) is 22.9 Å². The molecule has 116 valence electrons. The Kier molecular flexibility index (Phi) is 7.14. The monoisotopic (exact) mass is 361 g/mol. The molecule has 0 aliphatic heterocycles. The molecule has 1 aromatic rings. The highest BCUT2D eigenvalue weighted by atomic mass is 79.9. The number of carboxylic acids is 1. The van der Waals surface area contributed by atoms with Gasteiger partial charge < -0.3 is 15.2 Å². The minimum Gasteiger partial charge on any atom is -0.481 e. The molecule has 0 aliphatic rings. The largest absolute Gasteiger partial charge is 0.481 e. The predicted octanol–water partition coefficient (Wildman–Crippen LogP) is 2.58. The van der Waals surface area contributed by atoms with Crippen LogP contribution in [-0.2, 0) is 9.59 Å². The number of amides is 1. The van der Waals surface area contributed by atoms with Gasteiger partial charge in [-0.05, 0) is 30.5 Å². The van der Waals surface area contributed by atoms with Crippen LogP contribution in [0.15, 0.2) is 22.7 Å². The van der Waals surface area contributed by atoms with Crippen molar-refractivity contribution in [1.82, 2.24) is 5.32 Å². The van der Waals surface area contributed by atoms with Crippen LogP contribution >= 0.6 is 15.9 Å². The van der Waals surface area contributed by atoms with Gasteiger partial charge in [0, 0.05) is 17.4 Å². The molecular formula is C14H17BrFNO4. The molecule has 0 fully saturated rings. The van der Waals surface area contributed by atoms with Crippen molar-refractivity contribution < 1.29 is 23.8 Å². The maximum absolute atomic E-state index is 13.4. The number of carboxylic acid groups (broad SMARTS) is 1.